The van der Waals surface area contributed by atoms with Crippen LogP contribution in [0.1, 0.15) is 239 Å². The van der Waals surface area contributed by atoms with E-state index in [4.69, 9.17) is 14.2 Å². The van der Waals surface area contributed by atoms with Crippen LogP contribution in [-0.4, -0.2) is 37.2 Å². The number of unbranched alkanes of at least 4 members (excludes halogenated alkanes) is 11. The van der Waals surface area contributed by atoms with E-state index in [0.29, 0.717) is 19.3 Å². The van der Waals surface area contributed by atoms with Gasteiger partial charge in [-0.25, -0.2) is 0 Å². The summed E-state index contributed by atoms with van der Waals surface area (Å²) >= 11 is 0. The number of allylic oxidation sites excluding steroid dienone is 34. The van der Waals surface area contributed by atoms with E-state index in [9.17, 15) is 14.4 Å². The maximum atomic E-state index is 12.9. The highest BCUT2D eigenvalue weighted by Gasteiger charge is 2.19. The van der Waals surface area contributed by atoms with E-state index < -0.39 is 6.10 Å². The fourth-order valence-corrected chi connectivity index (χ4v) is 7.92. The minimum atomic E-state index is -0.837. The largest absolute Gasteiger partial charge is 0.462 e. The normalized spacial score (nSPS) is 13.5. The summed E-state index contributed by atoms with van der Waals surface area (Å²) in [7, 11) is 0. The van der Waals surface area contributed by atoms with Crippen LogP contribution in [0.3, 0.4) is 0 Å². The zero-order valence-electron chi connectivity index (χ0n) is 52.6. The van der Waals surface area contributed by atoms with Crippen molar-refractivity contribution >= 4 is 17.9 Å². The van der Waals surface area contributed by atoms with Crippen LogP contribution in [0, 0.1) is 0 Å². The molecular weight excluding hydrogens is 1020 g/mol. The van der Waals surface area contributed by atoms with Gasteiger partial charge in [0.25, 0.3) is 0 Å². The first kappa shape index (κ1) is 77.0. The Labute approximate surface area is 509 Å². The Morgan fingerprint density at radius 1 is 0.253 bits per heavy atom. The molecule has 0 aliphatic rings. The third-order valence-corrected chi connectivity index (χ3v) is 12.8. The second-order valence-corrected chi connectivity index (χ2v) is 20.5. The van der Waals surface area contributed by atoms with Gasteiger partial charge in [-0.1, -0.05) is 259 Å². The summed E-state index contributed by atoms with van der Waals surface area (Å²) in [4.78, 5) is 38.3. The summed E-state index contributed by atoms with van der Waals surface area (Å²) in [5, 5.41) is 0. The molecule has 0 saturated heterocycles. The molecule has 0 radical (unpaired) electrons. The van der Waals surface area contributed by atoms with Crippen LogP contribution in [0.2, 0.25) is 0 Å². The molecule has 6 heteroatoms. The number of esters is 3. The van der Waals surface area contributed by atoms with Crippen molar-refractivity contribution in [2.24, 2.45) is 0 Å². The third-order valence-electron chi connectivity index (χ3n) is 12.8. The Morgan fingerprint density at radius 2 is 0.470 bits per heavy atom. The van der Waals surface area contributed by atoms with Crippen molar-refractivity contribution in [3.63, 3.8) is 0 Å². The van der Waals surface area contributed by atoms with E-state index >= 15 is 0 Å². The highest BCUT2D eigenvalue weighted by Crippen LogP contribution is 2.12. The summed E-state index contributed by atoms with van der Waals surface area (Å²) in [6.07, 6.45) is 106. The summed E-state index contributed by atoms with van der Waals surface area (Å²) in [6, 6.07) is 0. The van der Waals surface area contributed by atoms with Gasteiger partial charge in [0.15, 0.2) is 6.10 Å². The van der Waals surface area contributed by atoms with Gasteiger partial charge in [0.05, 0.1) is 0 Å². The smallest absolute Gasteiger partial charge is 0.306 e. The van der Waals surface area contributed by atoms with Crippen LogP contribution in [0.5, 0.6) is 0 Å². The van der Waals surface area contributed by atoms with Crippen molar-refractivity contribution in [1.29, 1.82) is 0 Å². The van der Waals surface area contributed by atoms with Crippen molar-refractivity contribution in [3.05, 3.63) is 207 Å². The van der Waals surface area contributed by atoms with Gasteiger partial charge >= 0.3 is 17.9 Å². The van der Waals surface area contributed by atoms with E-state index in [1.807, 2.05) is 0 Å². The Morgan fingerprint density at radius 3 is 0.771 bits per heavy atom. The lowest BCUT2D eigenvalue weighted by Crippen LogP contribution is -2.30. The predicted octanol–water partition coefficient (Wildman–Crippen LogP) is 22.8. The molecule has 0 aromatic carbocycles. The minimum Gasteiger partial charge on any atom is -0.462 e. The number of hydrogen-bond acceptors (Lipinski definition) is 6. The maximum absolute atomic E-state index is 12.9. The van der Waals surface area contributed by atoms with Gasteiger partial charge in [-0.2, -0.15) is 0 Å². The molecule has 0 aromatic heterocycles. The van der Waals surface area contributed by atoms with E-state index in [-0.39, 0.29) is 44.0 Å². The number of carbonyl (C=O) groups excluding carboxylic acids is 3. The first-order valence-electron chi connectivity index (χ1n) is 32.6. The summed E-state index contributed by atoms with van der Waals surface area (Å²) in [6.45, 7) is 6.27. The first-order valence-corrected chi connectivity index (χ1v) is 32.6. The average Bonchev–Trinajstić information content (AvgIpc) is 3.48. The molecule has 6 nitrogen and oxygen atoms in total. The van der Waals surface area contributed by atoms with Crippen molar-refractivity contribution in [1.82, 2.24) is 0 Å². The Balaban J connectivity index is 4.52. The zero-order valence-corrected chi connectivity index (χ0v) is 52.6. The van der Waals surface area contributed by atoms with Crippen molar-refractivity contribution in [2.45, 2.75) is 245 Å². The number of hydrogen-bond donors (Lipinski definition) is 0. The SMILES string of the molecule is CC/C=C\C/C=C\C/C=C\C/C=C\C/C=C\C/C=C\C/C=C\C/C=C\CCCCC(=O)OCC(COC(=O)CCCCCCC/C=C\CCCC)OC(=O)CCCC/C=C\C/C=C\C/C=C\C/C=C\C/C=C\C/C=C\C/C=C\C/C=C\CC. The van der Waals surface area contributed by atoms with E-state index in [2.05, 4.69) is 227 Å². The molecule has 460 valence electrons. The molecule has 0 aliphatic carbocycles. The summed E-state index contributed by atoms with van der Waals surface area (Å²) in [5.74, 6) is -1.04. The fourth-order valence-electron chi connectivity index (χ4n) is 7.92. The molecular formula is C77H116O6. The predicted molar refractivity (Wildman–Crippen MR) is 361 cm³/mol. The summed E-state index contributed by atoms with van der Waals surface area (Å²) < 4.78 is 16.8. The van der Waals surface area contributed by atoms with Gasteiger partial charge < -0.3 is 14.2 Å². The monoisotopic (exact) mass is 1140 g/mol. The van der Waals surface area contributed by atoms with Gasteiger partial charge in [0, 0.05) is 19.3 Å². The quantitative estimate of drug-likeness (QED) is 0.0261. The molecule has 0 fully saturated rings. The minimum absolute atomic E-state index is 0.126. The molecule has 0 rings (SSSR count). The fraction of sp³-hybridized carbons (Fsp3) is 0.519. The molecule has 1 unspecified atom stereocenters. The van der Waals surface area contributed by atoms with Gasteiger partial charge in [-0.3, -0.25) is 14.4 Å². The molecule has 1 atom stereocenters. The molecule has 0 spiro atoms. The van der Waals surface area contributed by atoms with Gasteiger partial charge in [-0.15, -0.1) is 0 Å². The molecule has 0 N–H and O–H groups in total. The van der Waals surface area contributed by atoms with Gasteiger partial charge in [0.2, 0.25) is 0 Å². The highest BCUT2D eigenvalue weighted by molar-refractivity contribution is 5.71. The third kappa shape index (κ3) is 66.7. The van der Waals surface area contributed by atoms with E-state index in [1.54, 1.807) is 0 Å². The lowest BCUT2D eigenvalue weighted by Gasteiger charge is -2.18. The highest BCUT2D eigenvalue weighted by atomic mass is 16.6. The number of carbonyl (C=O) groups is 3. The lowest BCUT2D eigenvalue weighted by molar-refractivity contribution is -0.167. The maximum Gasteiger partial charge on any atom is 0.306 e. The first-order chi connectivity index (χ1) is 41.0. The Kier molecular flexibility index (Phi) is 63.5. The van der Waals surface area contributed by atoms with Crippen molar-refractivity contribution < 1.29 is 28.6 Å². The molecule has 83 heavy (non-hydrogen) atoms. The molecule has 0 saturated carbocycles. The Bertz CT molecular complexity index is 2030. The number of ether oxygens (including phenoxy) is 3. The van der Waals surface area contributed by atoms with Gasteiger partial charge in [0.1, 0.15) is 13.2 Å². The van der Waals surface area contributed by atoms with Crippen LogP contribution in [-0.2, 0) is 28.6 Å². The summed E-state index contributed by atoms with van der Waals surface area (Å²) in [5.41, 5.74) is 0. The zero-order chi connectivity index (χ0) is 59.9. The van der Waals surface area contributed by atoms with Crippen LogP contribution in [0.15, 0.2) is 207 Å². The van der Waals surface area contributed by atoms with Crippen molar-refractivity contribution in [3.8, 4) is 0 Å². The standard InChI is InChI=1S/C77H116O6/c1-4-7-10-13-16-19-22-24-26-28-30-32-34-36-38-40-42-44-46-48-50-52-55-58-61-64-67-70-76(79)82-73-74(72-81-75(78)69-66-63-60-57-54-21-18-15-12-9-6-3)83-77(80)71-68-65-62-59-56-53-51-49-47-45-43-41-39-37-35-33-31-29-27-25-23-20-17-14-11-8-5-2/h7-8,10-11,15-20,24-27,30-33,36-39,42-45,48-51,55-56,58-59,74H,4-6,9,12-14,21-23,28-29,34-35,40-41,46-47,52-54,57,60-73H2,1-3H3/b10-7-,11-8-,18-15-,19-16-,20-17-,26-24-,27-25-,32-30-,33-31-,38-36-,39-37-,44-42-,45-43-,50-48-,51-49-,58-55-,59-56-. The Hall–Kier alpha value is -6.01. The van der Waals surface area contributed by atoms with E-state index in [1.165, 1.54) is 19.3 Å². The second kappa shape index (κ2) is 68.5. The van der Waals surface area contributed by atoms with Gasteiger partial charge in [-0.05, 0) is 167 Å². The second-order valence-electron chi connectivity index (χ2n) is 20.5. The lowest BCUT2D eigenvalue weighted by atomic mass is 10.1. The average molecular weight is 1140 g/mol. The molecule has 0 heterocycles. The topological polar surface area (TPSA) is 78.9 Å². The molecule has 0 aromatic rings. The number of rotatable bonds is 56. The van der Waals surface area contributed by atoms with E-state index in [0.717, 1.165) is 167 Å². The van der Waals surface area contributed by atoms with Crippen LogP contribution in [0.4, 0.5) is 0 Å². The molecule has 0 aliphatic heterocycles. The molecule has 0 amide bonds. The molecule has 0 bridgehead atoms. The van der Waals surface area contributed by atoms with Crippen LogP contribution < -0.4 is 0 Å². The van der Waals surface area contributed by atoms with Crippen LogP contribution >= 0.6 is 0 Å². The van der Waals surface area contributed by atoms with Crippen molar-refractivity contribution in [2.75, 3.05) is 13.2 Å². The van der Waals surface area contributed by atoms with Crippen LogP contribution in [0.25, 0.3) is 0 Å².